The minimum absolute atomic E-state index is 0.262. The van der Waals surface area contributed by atoms with E-state index in [0.29, 0.717) is 0 Å². The monoisotopic (exact) mass is 303 g/mol. The topological polar surface area (TPSA) is 41.6 Å². The van der Waals surface area contributed by atoms with Crippen LogP contribution in [0.2, 0.25) is 5.28 Å². The van der Waals surface area contributed by atoms with Crippen molar-refractivity contribution in [2.45, 2.75) is 10.6 Å². The molecule has 0 unspecified atom stereocenters. The highest BCUT2D eigenvalue weighted by Gasteiger charge is 2.03. The van der Waals surface area contributed by atoms with Gasteiger partial charge in [0.25, 0.3) is 0 Å². The summed E-state index contributed by atoms with van der Waals surface area (Å²) in [6.07, 6.45) is 0. The van der Waals surface area contributed by atoms with Crippen molar-refractivity contribution in [3.05, 3.63) is 39.8 Å². The zero-order valence-corrected chi connectivity index (χ0v) is 10.7. The molecular formula is C9H7BrClN3S. The molecule has 2 aromatic rings. The van der Waals surface area contributed by atoms with Crippen LogP contribution in [-0.2, 0) is 5.75 Å². The van der Waals surface area contributed by atoms with Crippen LogP contribution in [0.15, 0.2) is 33.6 Å². The minimum Gasteiger partial charge on any atom is -0.261 e. The van der Waals surface area contributed by atoms with Crippen LogP contribution in [0, 0.1) is 0 Å². The molecule has 78 valence electrons. The van der Waals surface area contributed by atoms with E-state index in [0.717, 1.165) is 16.0 Å². The molecule has 0 atom stereocenters. The lowest BCUT2D eigenvalue weighted by Crippen LogP contribution is -1.84. The third-order valence-corrected chi connectivity index (χ3v) is 3.91. The van der Waals surface area contributed by atoms with E-state index in [2.05, 4.69) is 31.1 Å². The Labute approximate surface area is 105 Å². The summed E-state index contributed by atoms with van der Waals surface area (Å²) < 4.78 is 1.08. The van der Waals surface area contributed by atoms with E-state index in [9.17, 15) is 0 Å². The molecule has 2 rings (SSSR count). The van der Waals surface area contributed by atoms with Crippen molar-refractivity contribution >= 4 is 39.3 Å². The van der Waals surface area contributed by atoms with Gasteiger partial charge in [0.2, 0.25) is 5.28 Å². The van der Waals surface area contributed by atoms with Crippen LogP contribution >= 0.6 is 39.3 Å². The summed E-state index contributed by atoms with van der Waals surface area (Å²) in [6.45, 7) is 0. The number of aromatic nitrogens is 3. The summed E-state index contributed by atoms with van der Waals surface area (Å²) in [4.78, 5) is 5.19. The number of hydrogen-bond donors (Lipinski definition) is 1. The maximum absolute atomic E-state index is 5.60. The van der Waals surface area contributed by atoms with Gasteiger partial charge in [-0.05, 0) is 39.7 Å². The van der Waals surface area contributed by atoms with E-state index < -0.39 is 0 Å². The molecule has 0 aliphatic carbocycles. The SMILES string of the molecule is Clc1n[nH]c(CSc2ccccc2Br)n1. The molecule has 0 aliphatic rings. The van der Waals surface area contributed by atoms with Gasteiger partial charge in [-0.2, -0.15) is 0 Å². The Morgan fingerprint density at radius 2 is 2.20 bits per heavy atom. The molecule has 0 radical (unpaired) electrons. The van der Waals surface area contributed by atoms with Gasteiger partial charge >= 0.3 is 0 Å². The second-order valence-electron chi connectivity index (χ2n) is 2.77. The van der Waals surface area contributed by atoms with Crippen molar-refractivity contribution in [3.63, 3.8) is 0 Å². The number of nitrogens with one attached hydrogen (secondary N) is 1. The molecule has 1 aromatic carbocycles. The Hall–Kier alpha value is -0.520. The molecule has 1 heterocycles. The molecule has 0 saturated heterocycles. The smallest absolute Gasteiger partial charge is 0.242 e. The third-order valence-electron chi connectivity index (χ3n) is 1.71. The molecule has 0 spiro atoms. The molecule has 1 aromatic heterocycles. The average molecular weight is 305 g/mol. The summed E-state index contributed by atoms with van der Waals surface area (Å²) >= 11 is 10.8. The summed E-state index contributed by atoms with van der Waals surface area (Å²) in [5.74, 6) is 1.50. The predicted molar refractivity (Wildman–Crippen MR) is 65.1 cm³/mol. The van der Waals surface area contributed by atoms with E-state index in [1.165, 1.54) is 4.90 Å². The van der Waals surface area contributed by atoms with E-state index in [1.54, 1.807) is 11.8 Å². The van der Waals surface area contributed by atoms with Crippen LogP contribution in [0.3, 0.4) is 0 Å². The first-order valence-electron chi connectivity index (χ1n) is 4.20. The van der Waals surface area contributed by atoms with Crippen molar-refractivity contribution in [1.82, 2.24) is 15.2 Å². The van der Waals surface area contributed by atoms with Crippen LogP contribution in [0.4, 0.5) is 0 Å². The maximum Gasteiger partial charge on any atom is 0.242 e. The van der Waals surface area contributed by atoms with Gasteiger partial charge in [0, 0.05) is 9.37 Å². The van der Waals surface area contributed by atoms with E-state index >= 15 is 0 Å². The highest BCUT2D eigenvalue weighted by molar-refractivity contribution is 9.10. The fourth-order valence-corrected chi connectivity index (χ4v) is 2.62. The van der Waals surface area contributed by atoms with Gasteiger partial charge in [0.1, 0.15) is 5.82 Å². The number of aromatic amines is 1. The molecule has 0 bridgehead atoms. The lowest BCUT2D eigenvalue weighted by atomic mass is 10.4. The van der Waals surface area contributed by atoms with Crippen molar-refractivity contribution in [1.29, 1.82) is 0 Å². The predicted octanol–water partition coefficient (Wildman–Crippen LogP) is 3.51. The van der Waals surface area contributed by atoms with Gasteiger partial charge in [-0.15, -0.1) is 16.9 Å². The summed E-state index contributed by atoms with van der Waals surface area (Å²) in [5.41, 5.74) is 0. The molecule has 6 heteroatoms. The largest absolute Gasteiger partial charge is 0.261 e. The van der Waals surface area contributed by atoms with E-state index in [1.807, 2.05) is 24.3 Å². The molecule has 0 fully saturated rings. The fraction of sp³-hybridized carbons (Fsp3) is 0.111. The third kappa shape index (κ3) is 2.96. The van der Waals surface area contributed by atoms with Crippen LogP contribution in [0.25, 0.3) is 0 Å². The first kappa shape index (κ1) is 11.0. The Balaban J connectivity index is 2.02. The van der Waals surface area contributed by atoms with Crippen LogP contribution < -0.4 is 0 Å². The number of H-pyrrole nitrogens is 1. The van der Waals surface area contributed by atoms with Gasteiger partial charge in [-0.3, -0.25) is 5.10 Å². The first-order chi connectivity index (χ1) is 7.25. The zero-order chi connectivity index (χ0) is 10.7. The number of nitrogens with zero attached hydrogens (tertiary/aromatic N) is 2. The Bertz CT molecular complexity index is 460. The number of halogens is 2. The summed E-state index contributed by atoms with van der Waals surface area (Å²) in [7, 11) is 0. The molecular weight excluding hydrogens is 298 g/mol. The Kier molecular flexibility index (Phi) is 3.66. The number of hydrogen-bond acceptors (Lipinski definition) is 3. The van der Waals surface area contributed by atoms with Crippen molar-refractivity contribution < 1.29 is 0 Å². The highest BCUT2D eigenvalue weighted by atomic mass is 79.9. The minimum atomic E-state index is 0.262. The maximum atomic E-state index is 5.60. The highest BCUT2D eigenvalue weighted by Crippen LogP contribution is 2.28. The molecule has 15 heavy (non-hydrogen) atoms. The van der Waals surface area contributed by atoms with E-state index in [-0.39, 0.29) is 5.28 Å². The second kappa shape index (κ2) is 5.01. The number of benzene rings is 1. The number of thioether (sulfide) groups is 1. The molecule has 0 aliphatic heterocycles. The van der Waals surface area contributed by atoms with Gasteiger partial charge in [-0.1, -0.05) is 12.1 Å². The normalized spacial score (nSPS) is 10.5. The van der Waals surface area contributed by atoms with Gasteiger partial charge < -0.3 is 0 Å². The Morgan fingerprint density at radius 1 is 1.40 bits per heavy atom. The second-order valence-corrected chi connectivity index (χ2v) is 4.98. The van der Waals surface area contributed by atoms with Gasteiger partial charge in [-0.25, -0.2) is 4.98 Å². The number of rotatable bonds is 3. The molecule has 0 saturated carbocycles. The standard InChI is InChI=1S/C9H7BrClN3S/c10-6-3-1-2-4-7(6)15-5-8-12-9(11)14-13-8/h1-4H,5H2,(H,12,13,14). The van der Waals surface area contributed by atoms with Gasteiger partial charge in [0.15, 0.2) is 0 Å². The summed E-state index contributed by atoms with van der Waals surface area (Å²) in [5, 5.41) is 6.78. The summed E-state index contributed by atoms with van der Waals surface area (Å²) in [6, 6.07) is 8.04. The Morgan fingerprint density at radius 3 is 2.87 bits per heavy atom. The zero-order valence-electron chi connectivity index (χ0n) is 7.58. The van der Waals surface area contributed by atoms with E-state index in [4.69, 9.17) is 11.6 Å². The first-order valence-corrected chi connectivity index (χ1v) is 6.35. The average Bonchev–Trinajstić information content (AvgIpc) is 2.63. The fourth-order valence-electron chi connectivity index (χ4n) is 1.04. The van der Waals surface area contributed by atoms with Crippen LogP contribution in [0.5, 0.6) is 0 Å². The molecule has 3 nitrogen and oxygen atoms in total. The van der Waals surface area contributed by atoms with Gasteiger partial charge in [0.05, 0.1) is 5.75 Å². The lowest BCUT2D eigenvalue weighted by Gasteiger charge is -2.01. The van der Waals surface area contributed by atoms with Crippen molar-refractivity contribution in [2.75, 3.05) is 0 Å². The lowest BCUT2D eigenvalue weighted by molar-refractivity contribution is 1.02. The van der Waals surface area contributed by atoms with Crippen molar-refractivity contribution in [3.8, 4) is 0 Å². The quantitative estimate of drug-likeness (QED) is 0.882. The van der Waals surface area contributed by atoms with Crippen LogP contribution in [0.1, 0.15) is 5.82 Å². The molecule has 1 N–H and O–H groups in total. The molecule has 0 amide bonds. The van der Waals surface area contributed by atoms with Crippen LogP contribution in [-0.4, -0.2) is 15.2 Å². The van der Waals surface area contributed by atoms with Crippen molar-refractivity contribution in [2.24, 2.45) is 0 Å².